The monoisotopic (exact) mass is 443 g/mol. The van der Waals surface area contributed by atoms with Crippen molar-refractivity contribution in [1.29, 1.82) is 0 Å². The van der Waals surface area contributed by atoms with Crippen LogP contribution in [0, 0.1) is 34.6 Å². The second-order valence-corrected chi connectivity index (χ2v) is 8.38. The Hall–Kier alpha value is -3.87. The average Bonchev–Trinajstić information content (AvgIpc) is 3.43. The van der Waals surface area contributed by atoms with E-state index in [9.17, 15) is 4.79 Å². The van der Waals surface area contributed by atoms with E-state index in [1.165, 1.54) is 0 Å². The Morgan fingerprint density at radius 2 is 1.79 bits per heavy atom. The topological polar surface area (TPSA) is 69.1 Å². The fraction of sp³-hybridized carbons (Fsp3) is 0.269. The van der Waals surface area contributed by atoms with Crippen LogP contribution in [-0.2, 0) is 11.3 Å². The van der Waals surface area contributed by atoms with Crippen LogP contribution in [0.15, 0.2) is 53.1 Å². The molecule has 7 heteroatoms. The van der Waals surface area contributed by atoms with Crippen molar-refractivity contribution in [3.05, 3.63) is 88.2 Å². The number of hydrogen-bond acceptors (Lipinski definition) is 4. The number of amides is 1. The van der Waals surface area contributed by atoms with Crippen molar-refractivity contribution in [1.82, 2.24) is 24.4 Å². The lowest BCUT2D eigenvalue weighted by Gasteiger charge is -2.15. The largest absolute Gasteiger partial charge is 0.360 e. The highest BCUT2D eigenvalue weighted by atomic mass is 16.5. The van der Waals surface area contributed by atoms with Crippen LogP contribution in [0.25, 0.3) is 17.6 Å². The number of benzene rings is 1. The number of nitrogens with zero attached hydrogens (tertiary/aromatic N) is 5. The maximum atomic E-state index is 12.9. The van der Waals surface area contributed by atoms with Gasteiger partial charge in [-0.15, -0.1) is 0 Å². The van der Waals surface area contributed by atoms with Crippen molar-refractivity contribution in [3.8, 4) is 11.5 Å². The van der Waals surface area contributed by atoms with Crippen molar-refractivity contribution < 1.29 is 9.32 Å². The van der Waals surface area contributed by atoms with Gasteiger partial charge >= 0.3 is 0 Å². The Labute approximate surface area is 193 Å². The molecule has 0 unspecified atom stereocenters. The summed E-state index contributed by atoms with van der Waals surface area (Å²) >= 11 is 0. The van der Waals surface area contributed by atoms with E-state index >= 15 is 0 Å². The van der Waals surface area contributed by atoms with Crippen LogP contribution in [0.2, 0.25) is 0 Å². The van der Waals surface area contributed by atoms with Gasteiger partial charge in [0.25, 0.3) is 0 Å². The zero-order valence-corrected chi connectivity index (χ0v) is 20.0. The summed E-state index contributed by atoms with van der Waals surface area (Å²) in [5.41, 5.74) is 7.03. The number of aryl methyl sites for hydroxylation is 3. The Morgan fingerprint density at radius 1 is 1.06 bits per heavy atom. The summed E-state index contributed by atoms with van der Waals surface area (Å²) in [5, 5.41) is 8.80. The Kier molecular flexibility index (Phi) is 6.05. The quantitative estimate of drug-likeness (QED) is 0.399. The Bertz CT molecular complexity index is 1320. The summed E-state index contributed by atoms with van der Waals surface area (Å²) in [4.78, 5) is 14.6. The molecular weight excluding hydrogens is 414 g/mol. The summed E-state index contributed by atoms with van der Waals surface area (Å²) in [6, 6.07) is 14.0. The fourth-order valence-corrected chi connectivity index (χ4v) is 4.10. The SMILES string of the molecule is Cc1cc(-n2c(C)cc(C=CC(=O)N(C)Cc3c(C)nn(-c4ccccc4)c3C)c2C)no1. The first-order chi connectivity index (χ1) is 15.8. The molecule has 33 heavy (non-hydrogen) atoms. The molecular formula is C26H29N5O2. The maximum absolute atomic E-state index is 12.9. The summed E-state index contributed by atoms with van der Waals surface area (Å²) in [6.07, 6.45) is 3.48. The molecule has 0 atom stereocenters. The number of aromatic nitrogens is 4. The predicted octanol–water partition coefficient (Wildman–Crippen LogP) is 4.86. The molecule has 1 amide bonds. The molecule has 3 aromatic heterocycles. The highest BCUT2D eigenvalue weighted by Gasteiger charge is 2.17. The normalized spacial score (nSPS) is 11.5. The van der Waals surface area contributed by atoms with Crippen LogP contribution in [0.3, 0.4) is 0 Å². The molecule has 0 saturated carbocycles. The van der Waals surface area contributed by atoms with E-state index in [-0.39, 0.29) is 5.91 Å². The van der Waals surface area contributed by atoms with Crippen LogP contribution in [0.5, 0.6) is 0 Å². The first-order valence-electron chi connectivity index (χ1n) is 10.9. The molecule has 4 aromatic rings. The third-order valence-electron chi connectivity index (χ3n) is 5.93. The molecule has 0 aliphatic rings. The average molecular weight is 444 g/mol. The number of likely N-dealkylation sites (N-methyl/N-ethyl adjacent to an activating group) is 1. The molecule has 0 saturated heterocycles. The van der Waals surface area contributed by atoms with E-state index in [1.807, 2.05) is 99.5 Å². The van der Waals surface area contributed by atoms with Gasteiger partial charge in [0.1, 0.15) is 5.76 Å². The van der Waals surface area contributed by atoms with E-state index in [2.05, 4.69) is 10.3 Å². The Balaban J connectivity index is 1.51. The molecule has 0 fully saturated rings. The van der Waals surface area contributed by atoms with Gasteiger partial charge in [-0.05, 0) is 64.5 Å². The molecule has 1 aromatic carbocycles. The molecule has 0 aliphatic carbocycles. The van der Waals surface area contributed by atoms with Crippen molar-refractivity contribution in [2.75, 3.05) is 7.05 Å². The van der Waals surface area contributed by atoms with E-state index in [1.54, 1.807) is 11.0 Å². The van der Waals surface area contributed by atoms with Gasteiger partial charge in [-0.25, -0.2) is 4.68 Å². The van der Waals surface area contributed by atoms with Crippen molar-refractivity contribution in [2.24, 2.45) is 0 Å². The van der Waals surface area contributed by atoms with Gasteiger partial charge in [0.05, 0.1) is 11.4 Å². The molecule has 0 bridgehead atoms. The first kappa shape index (κ1) is 22.3. The lowest BCUT2D eigenvalue weighted by molar-refractivity contribution is -0.125. The summed E-state index contributed by atoms with van der Waals surface area (Å²) in [6.45, 7) is 10.4. The van der Waals surface area contributed by atoms with Gasteiger partial charge in [-0.3, -0.25) is 9.36 Å². The number of carbonyl (C=O) groups excluding carboxylic acids is 1. The van der Waals surface area contributed by atoms with E-state index in [0.29, 0.717) is 6.54 Å². The maximum Gasteiger partial charge on any atom is 0.246 e. The summed E-state index contributed by atoms with van der Waals surface area (Å²) in [5.74, 6) is 1.43. The van der Waals surface area contributed by atoms with Crippen LogP contribution < -0.4 is 0 Å². The van der Waals surface area contributed by atoms with Gasteiger partial charge in [0.15, 0.2) is 5.82 Å². The standard InChI is InChI=1S/C26H29N5O2/c1-17-14-22(20(4)30(17)25-15-18(2)33-28-25)12-13-26(32)29(6)16-24-19(3)27-31(21(24)5)23-10-8-7-9-11-23/h7-15H,16H2,1-6H3. The van der Waals surface area contributed by atoms with Crippen LogP contribution in [0.4, 0.5) is 0 Å². The summed E-state index contributed by atoms with van der Waals surface area (Å²) < 4.78 is 9.17. The van der Waals surface area contributed by atoms with E-state index in [0.717, 1.165) is 51.2 Å². The minimum Gasteiger partial charge on any atom is -0.360 e. The lowest BCUT2D eigenvalue weighted by Crippen LogP contribution is -2.24. The lowest BCUT2D eigenvalue weighted by atomic mass is 10.1. The van der Waals surface area contributed by atoms with Crippen molar-refractivity contribution in [3.63, 3.8) is 0 Å². The van der Waals surface area contributed by atoms with Crippen LogP contribution >= 0.6 is 0 Å². The summed E-state index contributed by atoms with van der Waals surface area (Å²) in [7, 11) is 1.81. The van der Waals surface area contributed by atoms with Crippen LogP contribution in [-0.4, -0.2) is 37.4 Å². The highest BCUT2D eigenvalue weighted by Crippen LogP contribution is 2.22. The molecule has 0 spiro atoms. The van der Waals surface area contributed by atoms with Crippen molar-refractivity contribution >= 4 is 12.0 Å². The second-order valence-electron chi connectivity index (χ2n) is 8.38. The van der Waals surface area contributed by atoms with E-state index < -0.39 is 0 Å². The fourth-order valence-electron chi connectivity index (χ4n) is 4.10. The molecule has 0 radical (unpaired) electrons. The second kappa shape index (κ2) is 8.94. The minimum absolute atomic E-state index is 0.0663. The molecule has 0 aliphatic heterocycles. The molecule has 170 valence electrons. The van der Waals surface area contributed by atoms with Crippen molar-refractivity contribution in [2.45, 2.75) is 41.2 Å². The smallest absolute Gasteiger partial charge is 0.246 e. The first-order valence-corrected chi connectivity index (χ1v) is 10.9. The zero-order chi connectivity index (χ0) is 23.7. The highest BCUT2D eigenvalue weighted by molar-refractivity contribution is 5.91. The molecule has 3 heterocycles. The van der Waals surface area contributed by atoms with Gasteiger partial charge < -0.3 is 9.42 Å². The van der Waals surface area contributed by atoms with Gasteiger partial charge in [-0.2, -0.15) is 5.10 Å². The molecule has 7 nitrogen and oxygen atoms in total. The third-order valence-corrected chi connectivity index (χ3v) is 5.93. The zero-order valence-electron chi connectivity index (χ0n) is 20.0. The predicted molar refractivity (Wildman–Crippen MR) is 129 cm³/mol. The number of rotatable bonds is 6. The van der Waals surface area contributed by atoms with E-state index in [4.69, 9.17) is 4.52 Å². The van der Waals surface area contributed by atoms with Gasteiger partial charge in [0.2, 0.25) is 5.91 Å². The number of para-hydroxylation sites is 1. The molecule has 4 rings (SSSR count). The van der Waals surface area contributed by atoms with Crippen LogP contribution in [0.1, 0.15) is 39.7 Å². The third kappa shape index (κ3) is 4.39. The Morgan fingerprint density at radius 3 is 2.45 bits per heavy atom. The number of hydrogen-bond donors (Lipinski definition) is 0. The van der Waals surface area contributed by atoms with Gasteiger partial charge in [-0.1, -0.05) is 23.4 Å². The molecule has 0 N–H and O–H groups in total. The number of carbonyl (C=O) groups is 1. The minimum atomic E-state index is -0.0663. The van der Waals surface area contributed by atoms with Gasteiger partial charge in [0, 0.05) is 48.4 Å².